The molecule has 2 rings (SSSR count). The fourth-order valence-corrected chi connectivity index (χ4v) is 1.96. The Balaban J connectivity index is 2.13. The fraction of sp³-hybridized carbons (Fsp3) is 0.333. The van der Waals surface area contributed by atoms with Crippen LogP contribution in [0.5, 0.6) is 0 Å². The molecule has 1 heterocycles. The Hall–Kier alpha value is -1.61. The Kier molecular flexibility index (Phi) is 4.05. The largest absolute Gasteiger partial charge is 0.294 e. The summed E-state index contributed by atoms with van der Waals surface area (Å²) >= 11 is 5.96. The highest BCUT2D eigenvalue weighted by molar-refractivity contribution is 6.31. The van der Waals surface area contributed by atoms with Crippen LogP contribution in [0.3, 0.4) is 0 Å². The van der Waals surface area contributed by atoms with Crippen LogP contribution >= 0.6 is 11.6 Å². The van der Waals surface area contributed by atoms with E-state index in [1.807, 2.05) is 29.9 Å². The van der Waals surface area contributed by atoms with Crippen LogP contribution in [-0.2, 0) is 6.42 Å². The van der Waals surface area contributed by atoms with E-state index in [1.54, 1.807) is 12.1 Å². The van der Waals surface area contributed by atoms with Gasteiger partial charge in [-0.2, -0.15) is 5.10 Å². The van der Waals surface area contributed by atoms with Crippen molar-refractivity contribution >= 4 is 17.4 Å². The summed E-state index contributed by atoms with van der Waals surface area (Å²) in [5.74, 6) is 0.0637. The van der Waals surface area contributed by atoms with E-state index < -0.39 is 0 Å². The molecule has 0 amide bonds. The molecule has 0 aliphatic carbocycles. The van der Waals surface area contributed by atoms with Crippen molar-refractivity contribution in [1.29, 1.82) is 0 Å². The molecule has 0 N–H and O–H groups in total. The predicted molar refractivity (Wildman–Crippen MR) is 76.8 cm³/mol. The zero-order valence-corrected chi connectivity index (χ0v) is 12.1. The van der Waals surface area contributed by atoms with E-state index in [9.17, 15) is 4.79 Å². The van der Waals surface area contributed by atoms with Gasteiger partial charge in [-0.05, 0) is 50.6 Å². The Bertz CT molecular complexity index is 602. The molecule has 19 heavy (non-hydrogen) atoms. The molecule has 0 unspecified atom stereocenters. The number of ketones is 1. The summed E-state index contributed by atoms with van der Waals surface area (Å²) in [4.78, 5) is 12.2. The second kappa shape index (κ2) is 5.57. The first-order valence-corrected chi connectivity index (χ1v) is 6.68. The topological polar surface area (TPSA) is 34.9 Å². The highest BCUT2D eigenvalue weighted by Crippen LogP contribution is 2.17. The Labute approximate surface area is 118 Å². The number of carbonyl (C=O) groups excluding carboxylic acids is 1. The lowest BCUT2D eigenvalue weighted by molar-refractivity contribution is 0.0991. The molecular weight excluding hydrogens is 260 g/mol. The number of halogens is 1. The minimum Gasteiger partial charge on any atom is -0.294 e. The zero-order chi connectivity index (χ0) is 14.0. The zero-order valence-electron chi connectivity index (χ0n) is 11.4. The summed E-state index contributed by atoms with van der Waals surface area (Å²) in [5, 5.41) is 5.07. The van der Waals surface area contributed by atoms with E-state index in [-0.39, 0.29) is 5.78 Å². The number of carbonyl (C=O) groups is 1. The van der Waals surface area contributed by atoms with Crippen molar-refractivity contribution in [3.05, 3.63) is 52.3 Å². The number of benzene rings is 1. The molecular formula is C15H17ClN2O. The predicted octanol–water partition coefficient (Wildman–Crippen LogP) is 3.85. The lowest BCUT2D eigenvalue weighted by atomic mass is 10.0. The average molecular weight is 277 g/mol. The standard InChI is InChI=1S/C15H17ClN2O/c1-10(2)18-7-6-13(17-18)9-15(19)12-4-5-14(16)11(3)8-12/h4-8,10H,9H2,1-3H3. The molecule has 0 aliphatic rings. The minimum atomic E-state index is 0.0637. The molecule has 0 spiro atoms. The van der Waals surface area contributed by atoms with Crippen molar-refractivity contribution in [2.45, 2.75) is 33.2 Å². The SMILES string of the molecule is Cc1cc(C(=O)Cc2ccn(C(C)C)n2)ccc1Cl. The quantitative estimate of drug-likeness (QED) is 0.795. The van der Waals surface area contributed by atoms with E-state index in [0.717, 1.165) is 11.3 Å². The van der Waals surface area contributed by atoms with Crippen molar-refractivity contribution in [3.8, 4) is 0 Å². The number of Topliss-reactive ketones (excluding diaryl/α,β-unsaturated/α-hetero) is 1. The highest BCUT2D eigenvalue weighted by atomic mass is 35.5. The molecule has 0 atom stereocenters. The van der Waals surface area contributed by atoms with Crippen molar-refractivity contribution in [1.82, 2.24) is 9.78 Å². The van der Waals surface area contributed by atoms with Gasteiger partial charge in [-0.15, -0.1) is 0 Å². The lowest BCUT2D eigenvalue weighted by Crippen LogP contribution is -2.06. The summed E-state index contributed by atoms with van der Waals surface area (Å²) in [6.45, 7) is 6.01. The van der Waals surface area contributed by atoms with Crippen LogP contribution in [0.25, 0.3) is 0 Å². The molecule has 0 aliphatic heterocycles. The molecule has 2 aromatic rings. The molecule has 1 aromatic heterocycles. The van der Waals surface area contributed by atoms with Gasteiger partial charge < -0.3 is 0 Å². The third kappa shape index (κ3) is 3.24. The van der Waals surface area contributed by atoms with Crippen molar-refractivity contribution < 1.29 is 4.79 Å². The molecule has 100 valence electrons. The summed E-state index contributed by atoms with van der Waals surface area (Å²) < 4.78 is 1.86. The summed E-state index contributed by atoms with van der Waals surface area (Å²) in [7, 11) is 0. The van der Waals surface area contributed by atoms with Crippen molar-refractivity contribution in [3.63, 3.8) is 0 Å². The number of aryl methyl sites for hydroxylation is 1. The molecule has 1 aromatic carbocycles. The van der Waals surface area contributed by atoms with Crippen LogP contribution in [0.15, 0.2) is 30.5 Å². The van der Waals surface area contributed by atoms with Crippen LogP contribution < -0.4 is 0 Å². The second-order valence-corrected chi connectivity index (χ2v) is 5.35. The maximum Gasteiger partial charge on any atom is 0.168 e. The van der Waals surface area contributed by atoms with Gasteiger partial charge in [-0.25, -0.2) is 0 Å². The van der Waals surface area contributed by atoms with E-state index in [2.05, 4.69) is 18.9 Å². The molecule has 3 nitrogen and oxygen atoms in total. The first kappa shape index (κ1) is 13.8. The number of aromatic nitrogens is 2. The third-order valence-corrected chi connectivity index (χ3v) is 3.44. The van der Waals surface area contributed by atoms with Crippen LogP contribution in [0.4, 0.5) is 0 Å². The lowest BCUT2D eigenvalue weighted by Gasteiger charge is -2.04. The maximum absolute atomic E-state index is 12.2. The first-order valence-electron chi connectivity index (χ1n) is 6.30. The minimum absolute atomic E-state index is 0.0637. The number of nitrogens with zero attached hydrogens (tertiary/aromatic N) is 2. The van der Waals surface area contributed by atoms with Gasteiger partial charge in [0, 0.05) is 22.8 Å². The van der Waals surface area contributed by atoms with Crippen molar-refractivity contribution in [2.75, 3.05) is 0 Å². The maximum atomic E-state index is 12.2. The van der Waals surface area contributed by atoms with E-state index in [4.69, 9.17) is 11.6 Å². The van der Waals surface area contributed by atoms with E-state index in [1.165, 1.54) is 0 Å². The number of hydrogen-bond donors (Lipinski definition) is 0. The average Bonchev–Trinajstić information content (AvgIpc) is 2.81. The number of rotatable bonds is 4. The van der Waals surface area contributed by atoms with Gasteiger partial charge in [0.1, 0.15) is 0 Å². The van der Waals surface area contributed by atoms with Crippen LogP contribution in [0, 0.1) is 6.92 Å². The van der Waals surface area contributed by atoms with E-state index in [0.29, 0.717) is 23.0 Å². The molecule has 0 fully saturated rings. The fourth-order valence-electron chi connectivity index (χ4n) is 1.84. The van der Waals surface area contributed by atoms with Gasteiger partial charge in [-0.3, -0.25) is 9.48 Å². The molecule has 0 bridgehead atoms. The van der Waals surface area contributed by atoms with Crippen LogP contribution in [0.1, 0.15) is 41.5 Å². The van der Waals surface area contributed by atoms with Crippen LogP contribution in [-0.4, -0.2) is 15.6 Å². The van der Waals surface area contributed by atoms with Gasteiger partial charge in [0.25, 0.3) is 0 Å². The molecule has 0 radical (unpaired) electrons. The van der Waals surface area contributed by atoms with Gasteiger partial charge in [-0.1, -0.05) is 11.6 Å². The van der Waals surface area contributed by atoms with Crippen molar-refractivity contribution in [2.24, 2.45) is 0 Å². The molecule has 0 saturated carbocycles. The van der Waals surface area contributed by atoms with Gasteiger partial charge in [0.15, 0.2) is 5.78 Å². The first-order chi connectivity index (χ1) is 8.97. The van der Waals surface area contributed by atoms with Gasteiger partial charge in [0.05, 0.1) is 12.1 Å². The van der Waals surface area contributed by atoms with Crippen LogP contribution in [0.2, 0.25) is 5.02 Å². The molecule has 4 heteroatoms. The summed E-state index contributed by atoms with van der Waals surface area (Å²) in [5.41, 5.74) is 2.40. The Morgan fingerprint density at radius 3 is 2.68 bits per heavy atom. The normalized spacial score (nSPS) is 11.0. The smallest absolute Gasteiger partial charge is 0.168 e. The number of hydrogen-bond acceptors (Lipinski definition) is 2. The highest BCUT2D eigenvalue weighted by Gasteiger charge is 2.11. The summed E-state index contributed by atoms with van der Waals surface area (Å²) in [6.07, 6.45) is 2.22. The van der Waals surface area contributed by atoms with Gasteiger partial charge >= 0.3 is 0 Å². The van der Waals surface area contributed by atoms with E-state index >= 15 is 0 Å². The monoisotopic (exact) mass is 276 g/mol. The Morgan fingerprint density at radius 1 is 1.37 bits per heavy atom. The Morgan fingerprint density at radius 2 is 2.11 bits per heavy atom. The second-order valence-electron chi connectivity index (χ2n) is 4.94. The van der Waals surface area contributed by atoms with Gasteiger partial charge in [0.2, 0.25) is 0 Å². The molecule has 0 saturated heterocycles. The third-order valence-electron chi connectivity index (χ3n) is 3.01. The summed E-state index contributed by atoms with van der Waals surface area (Å²) in [6, 6.07) is 7.54.